The third-order valence-corrected chi connectivity index (χ3v) is 4.95. The van der Waals surface area contributed by atoms with Crippen LogP contribution in [0.5, 0.6) is 0 Å². The van der Waals surface area contributed by atoms with Gasteiger partial charge in [-0.2, -0.15) is 0 Å². The van der Waals surface area contributed by atoms with Crippen LogP contribution in [0.25, 0.3) is 0 Å². The molecule has 0 spiro atoms. The van der Waals surface area contributed by atoms with Crippen molar-refractivity contribution >= 4 is 18.5 Å². The molecule has 0 atom stereocenters. The molecule has 1 aliphatic heterocycles. The smallest absolute Gasteiger partial charge is 0.399 e. The Hall–Kier alpha value is -1.33. The van der Waals surface area contributed by atoms with Gasteiger partial charge in [0.1, 0.15) is 0 Å². The Labute approximate surface area is 132 Å². The van der Waals surface area contributed by atoms with E-state index in [9.17, 15) is 4.79 Å². The minimum absolute atomic E-state index is 0.00707. The number of hydrogen-bond acceptors (Lipinski definition) is 3. The molecular formula is C17H24BNO3. The van der Waals surface area contributed by atoms with Crippen LogP contribution in [0.2, 0.25) is 0 Å². The molecular weight excluding hydrogens is 277 g/mol. The Morgan fingerprint density at radius 1 is 1.14 bits per heavy atom. The standard InChI is InChI=1S/C17H24BNO3/c1-16(2)17(3,4)22-18(21-16)14-9-7-13(8-10-14)15(20)19-11-12-5-6-12/h7-10,12H,5-6,11H2,1-4H3,(H,19,20). The second kappa shape index (κ2) is 5.39. The zero-order valence-corrected chi connectivity index (χ0v) is 13.8. The van der Waals surface area contributed by atoms with Crippen molar-refractivity contribution in [2.75, 3.05) is 6.54 Å². The van der Waals surface area contributed by atoms with Gasteiger partial charge in [0.05, 0.1) is 11.2 Å². The highest BCUT2D eigenvalue weighted by molar-refractivity contribution is 6.62. The highest BCUT2D eigenvalue weighted by Crippen LogP contribution is 2.36. The van der Waals surface area contributed by atoms with Crippen molar-refractivity contribution < 1.29 is 14.1 Å². The molecule has 1 N–H and O–H groups in total. The Morgan fingerprint density at radius 2 is 1.68 bits per heavy atom. The summed E-state index contributed by atoms with van der Waals surface area (Å²) in [4.78, 5) is 12.0. The normalized spacial score (nSPS) is 22.6. The monoisotopic (exact) mass is 301 g/mol. The van der Waals surface area contributed by atoms with Gasteiger partial charge >= 0.3 is 7.12 Å². The van der Waals surface area contributed by atoms with Gasteiger partial charge in [-0.1, -0.05) is 12.1 Å². The first-order valence-corrected chi connectivity index (χ1v) is 8.02. The SMILES string of the molecule is CC1(C)OB(c2ccc(C(=O)NCC3CC3)cc2)OC1(C)C. The molecule has 118 valence electrons. The van der Waals surface area contributed by atoms with E-state index in [1.165, 1.54) is 12.8 Å². The van der Waals surface area contributed by atoms with E-state index in [1.807, 2.05) is 52.0 Å². The summed E-state index contributed by atoms with van der Waals surface area (Å²) >= 11 is 0. The van der Waals surface area contributed by atoms with Crippen molar-refractivity contribution in [2.45, 2.75) is 51.7 Å². The van der Waals surface area contributed by atoms with Gasteiger partial charge in [0.15, 0.2) is 0 Å². The minimum atomic E-state index is -0.381. The van der Waals surface area contributed by atoms with Crippen LogP contribution in [-0.4, -0.2) is 30.8 Å². The third kappa shape index (κ3) is 3.06. The van der Waals surface area contributed by atoms with E-state index in [2.05, 4.69) is 5.32 Å². The Morgan fingerprint density at radius 3 is 2.18 bits per heavy atom. The summed E-state index contributed by atoms with van der Waals surface area (Å²) in [6, 6.07) is 7.49. The maximum atomic E-state index is 12.0. The zero-order valence-electron chi connectivity index (χ0n) is 13.8. The van der Waals surface area contributed by atoms with Gasteiger partial charge in [-0.05, 0) is 64.1 Å². The molecule has 3 rings (SSSR count). The molecule has 1 saturated carbocycles. The molecule has 0 bridgehead atoms. The highest BCUT2D eigenvalue weighted by atomic mass is 16.7. The first-order valence-electron chi connectivity index (χ1n) is 8.02. The first-order chi connectivity index (χ1) is 10.3. The van der Waals surface area contributed by atoms with E-state index in [0.29, 0.717) is 11.5 Å². The lowest BCUT2D eigenvalue weighted by molar-refractivity contribution is 0.00578. The number of carbonyl (C=O) groups is 1. The van der Waals surface area contributed by atoms with Gasteiger partial charge < -0.3 is 14.6 Å². The second-order valence-corrected chi connectivity index (χ2v) is 7.36. The predicted octanol–water partition coefficient (Wildman–Crippen LogP) is 2.13. The van der Waals surface area contributed by atoms with Crippen LogP contribution in [0.3, 0.4) is 0 Å². The van der Waals surface area contributed by atoms with Gasteiger partial charge in [-0.25, -0.2) is 0 Å². The molecule has 4 nitrogen and oxygen atoms in total. The fraction of sp³-hybridized carbons (Fsp3) is 0.588. The second-order valence-electron chi connectivity index (χ2n) is 7.36. The number of nitrogens with one attached hydrogen (secondary N) is 1. The maximum Gasteiger partial charge on any atom is 0.494 e. The van der Waals surface area contributed by atoms with Gasteiger partial charge in [-0.3, -0.25) is 4.79 Å². The van der Waals surface area contributed by atoms with E-state index in [0.717, 1.165) is 12.0 Å². The van der Waals surface area contributed by atoms with E-state index in [4.69, 9.17) is 9.31 Å². The van der Waals surface area contributed by atoms with Crippen LogP contribution in [-0.2, 0) is 9.31 Å². The third-order valence-electron chi connectivity index (χ3n) is 4.95. The van der Waals surface area contributed by atoms with Crippen LogP contribution < -0.4 is 10.8 Å². The van der Waals surface area contributed by atoms with Gasteiger partial charge in [-0.15, -0.1) is 0 Å². The van der Waals surface area contributed by atoms with E-state index >= 15 is 0 Å². The van der Waals surface area contributed by atoms with Crippen LogP contribution in [0.15, 0.2) is 24.3 Å². The number of hydrogen-bond donors (Lipinski definition) is 1. The highest BCUT2D eigenvalue weighted by Gasteiger charge is 2.51. The number of carbonyl (C=O) groups excluding carboxylic acids is 1. The van der Waals surface area contributed by atoms with Crippen LogP contribution in [0.1, 0.15) is 50.9 Å². The summed E-state index contributed by atoms with van der Waals surface area (Å²) in [5.74, 6) is 0.681. The predicted molar refractivity (Wildman–Crippen MR) is 87.2 cm³/mol. The average Bonchev–Trinajstić information content (AvgIpc) is 3.24. The molecule has 1 aliphatic carbocycles. The lowest BCUT2D eigenvalue weighted by Gasteiger charge is -2.32. The van der Waals surface area contributed by atoms with Crippen molar-refractivity contribution in [3.63, 3.8) is 0 Å². The number of benzene rings is 1. The number of rotatable bonds is 4. The van der Waals surface area contributed by atoms with Crippen LogP contribution in [0, 0.1) is 5.92 Å². The van der Waals surface area contributed by atoms with Crippen molar-refractivity contribution in [2.24, 2.45) is 5.92 Å². The first kappa shape index (κ1) is 15.6. The van der Waals surface area contributed by atoms with Gasteiger partial charge in [0, 0.05) is 12.1 Å². The summed E-state index contributed by atoms with van der Waals surface area (Å²) in [6.07, 6.45) is 2.47. The molecule has 1 heterocycles. The lowest BCUT2D eigenvalue weighted by Crippen LogP contribution is -2.41. The fourth-order valence-corrected chi connectivity index (χ4v) is 2.43. The van der Waals surface area contributed by atoms with Crippen LogP contribution in [0.4, 0.5) is 0 Å². The molecule has 2 fully saturated rings. The van der Waals surface area contributed by atoms with E-state index in [-0.39, 0.29) is 24.2 Å². The summed E-state index contributed by atoms with van der Waals surface area (Å²) in [6.45, 7) is 8.93. The molecule has 0 aromatic heterocycles. The molecule has 1 aromatic rings. The molecule has 0 radical (unpaired) electrons. The summed E-state index contributed by atoms with van der Waals surface area (Å²) < 4.78 is 12.0. The largest absolute Gasteiger partial charge is 0.494 e. The fourth-order valence-electron chi connectivity index (χ4n) is 2.43. The van der Waals surface area contributed by atoms with E-state index in [1.54, 1.807) is 0 Å². The summed E-state index contributed by atoms with van der Waals surface area (Å²) in [5.41, 5.74) is 0.925. The molecule has 1 saturated heterocycles. The molecule has 1 aromatic carbocycles. The lowest BCUT2D eigenvalue weighted by atomic mass is 9.79. The van der Waals surface area contributed by atoms with Crippen molar-refractivity contribution in [3.05, 3.63) is 29.8 Å². The van der Waals surface area contributed by atoms with Crippen molar-refractivity contribution in [3.8, 4) is 0 Å². The molecule has 22 heavy (non-hydrogen) atoms. The van der Waals surface area contributed by atoms with Crippen molar-refractivity contribution in [1.29, 1.82) is 0 Å². The molecule has 2 aliphatic rings. The zero-order chi connectivity index (χ0) is 16.0. The minimum Gasteiger partial charge on any atom is -0.399 e. The van der Waals surface area contributed by atoms with Gasteiger partial charge in [0.25, 0.3) is 5.91 Å². The van der Waals surface area contributed by atoms with Gasteiger partial charge in [0.2, 0.25) is 0 Å². The molecule has 1 amide bonds. The maximum absolute atomic E-state index is 12.0. The molecule has 5 heteroatoms. The molecule has 0 unspecified atom stereocenters. The van der Waals surface area contributed by atoms with E-state index < -0.39 is 0 Å². The summed E-state index contributed by atoms with van der Waals surface area (Å²) in [5, 5.41) is 2.97. The Bertz CT molecular complexity index is 548. The Kier molecular flexibility index (Phi) is 3.81. The average molecular weight is 301 g/mol. The topological polar surface area (TPSA) is 47.6 Å². The van der Waals surface area contributed by atoms with Crippen molar-refractivity contribution in [1.82, 2.24) is 5.32 Å². The van der Waals surface area contributed by atoms with Crippen LogP contribution >= 0.6 is 0 Å². The Balaban J connectivity index is 1.65. The quantitative estimate of drug-likeness (QED) is 0.867. The number of amides is 1. The summed E-state index contributed by atoms with van der Waals surface area (Å²) in [7, 11) is -0.381.